The fraction of sp³-hybridized carbons (Fsp3) is 0.579. The second-order valence-electron chi connectivity index (χ2n) is 7.33. The zero-order valence-corrected chi connectivity index (χ0v) is 15.6. The van der Waals surface area contributed by atoms with Crippen LogP contribution in [0.5, 0.6) is 0 Å². The van der Waals surface area contributed by atoms with Crippen LogP contribution in [-0.2, 0) is 4.74 Å². The molecule has 0 heterocycles. The highest BCUT2D eigenvalue weighted by molar-refractivity contribution is 5.67. The van der Waals surface area contributed by atoms with Gasteiger partial charge in [0.1, 0.15) is 5.60 Å². The quantitative estimate of drug-likeness (QED) is 0.863. The van der Waals surface area contributed by atoms with Gasteiger partial charge in [-0.3, -0.25) is 0 Å². The van der Waals surface area contributed by atoms with Gasteiger partial charge in [-0.2, -0.15) is 5.26 Å². The number of carbonyl (C=O) groups is 1. The predicted molar refractivity (Wildman–Crippen MR) is 95.6 cm³/mol. The van der Waals surface area contributed by atoms with Crippen LogP contribution in [-0.4, -0.2) is 36.7 Å². The van der Waals surface area contributed by atoms with E-state index in [-0.39, 0.29) is 18.1 Å². The maximum Gasteiger partial charge on any atom is 0.410 e. The van der Waals surface area contributed by atoms with Crippen molar-refractivity contribution in [2.45, 2.75) is 46.3 Å². The Balaban J connectivity index is 2.46. The first-order valence-electron chi connectivity index (χ1n) is 8.30. The van der Waals surface area contributed by atoms with E-state index in [4.69, 9.17) is 10.00 Å². The third kappa shape index (κ3) is 7.01. The highest BCUT2D eigenvalue weighted by Gasteiger charge is 2.20. The van der Waals surface area contributed by atoms with E-state index >= 15 is 0 Å². The largest absolute Gasteiger partial charge is 0.444 e. The molecule has 0 bridgehead atoms. The summed E-state index contributed by atoms with van der Waals surface area (Å²) >= 11 is 0. The van der Waals surface area contributed by atoms with E-state index in [0.29, 0.717) is 12.1 Å². The number of nitriles is 1. The first-order valence-corrected chi connectivity index (χ1v) is 8.30. The molecule has 132 valence electrons. The first-order chi connectivity index (χ1) is 11.1. The average Bonchev–Trinajstić information content (AvgIpc) is 2.50. The summed E-state index contributed by atoms with van der Waals surface area (Å²) in [5, 5.41) is 12.4. The Morgan fingerprint density at radius 3 is 2.62 bits per heavy atom. The molecule has 24 heavy (non-hydrogen) atoms. The van der Waals surface area contributed by atoms with Crippen LogP contribution in [0.2, 0.25) is 0 Å². The fourth-order valence-corrected chi connectivity index (χ4v) is 2.32. The lowest BCUT2D eigenvalue weighted by Gasteiger charge is -2.27. The van der Waals surface area contributed by atoms with Crippen molar-refractivity contribution < 1.29 is 9.53 Å². The van der Waals surface area contributed by atoms with Crippen LogP contribution in [0.1, 0.15) is 51.8 Å². The molecular weight excluding hydrogens is 302 g/mol. The molecule has 2 unspecified atom stereocenters. The van der Waals surface area contributed by atoms with Crippen LogP contribution in [0, 0.1) is 17.2 Å². The van der Waals surface area contributed by atoms with Crippen LogP contribution < -0.4 is 5.32 Å². The normalized spacial score (nSPS) is 13.7. The smallest absolute Gasteiger partial charge is 0.410 e. The number of rotatable bonds is 6. The molecule has 0 spiro atoms. The molecule has 0 aliphatic rings. The van der Waals surface area contributed by atoms with Gasteiger partial charge in [-0.05, 0) is 57.9 Å². The zero-order valence-electron chi connectivity index (χ0n) is 15.6. The fourth-order valence-electron chi connectivity index (χ4n) is 2.32. The van der Waals surface area contributed by atoms with Gasteiger partial charge in [-0.1, -0.05) is 19.1 Å². The van der Waals surface area contributed by atoms with E-state index in [2.05, 4.69) is 25.2 Å². The van der Waals surface area contributed by atoms with Crippen molar-refractivity contribution in [1.29, 1.82) is 5.26 Å². The van der Waals surface area contributed by atoms with E-state index in [1.807, 2.05) is 39.0 Å². The number of hydrogen-bond donors (Lipinski definition) is 1. The molecule has 5 heteroatoms. The third-order valence-corrected chi connectivity index (χ3v) is 3.58. The molecule has 0 aliphatic carbocycles. The molecule has 1 amide bonds. The van der Waals surface area contributed by atoms with Crippen molar-refractivity contribution in [1.82, 2.24) is 10.2 Å². The number of amides is 1. The minimum Gasteiger partial charge on any atom is -0.444 e. The van der Waals surface area contributed by atoms with Crippen LogP contribution >= 0.6 is 0 Å². The molecule has 0 saturated heterocycles. The van der Waals surface area contributed by atoms with E-state index in [9.17, 15) is 4.79 Å². The zero-order chi connectivity index (χ0) is 18.3. The van der Waals surface area contributed by atoms with Gasteiger partial charge < -0.3 is 15.0 Å². The number of nitrogens with zero attached hydrogens (tertiary/aromatic N) is 2. The summed E-state index contributed by atoms with van der Waals surface area (Å²) in [4.78, 5) is 13.6. The van der Waals surface area contributed by atoms with E-state index in [1.54, 1.807) is 18.0 Å². The molecule has 2 atom stereocenters. The summed E-state index contributed by atoms with van der Waals surface area (Å²) in [6.45, 7) is 11.1. The molecule has 1 N–H and O–H groups in total. The Morgan fingerprint density at radius 2 is 2.04 bits per heavy atom. The Bertz CT molecular complexity index is 587. The number of benzene rings is 1. The topological polar surface area (TPSA) is 65.4 Å². The summed E-state index contributed by atoms with van der Waals surface area (Å²) in [7, 11) is 1.75. The van der Waals surface area contributed by atoms with Crippen molar-refractivity contribution in [2.75, 3.05) is 20.1 Å². The Morgan fingerprint density at radius 1 is 1.38 bits per heavy atom. The molecule has 1 aromatic carbocycles. The van der Waals surface area contributed by atoms with Gasteiger partial charge in [-0.25, -0.2) is 4.79 Å². The first kappa shape index (κ1) is 20.0. The maximum absolute atomic E-state index is 12.0. The van der Waals surface area contributed by atoms with Crippen molar-refractivity contribution in [2.24, 2.45) is 5.92 Å². The minimum atomic E-state index is -0.479. The van der Waals surface area contributed by atoms with Gasteiger partial charge in [0, 0.05) is 19.6 Å². The Kier molecular flexibility index (Phi) is 7.24. The van der Waals surface area contributed by atoms with E-state index in [0.717, 1.165) is 12.1 Å². The molecule has 0 radical (unpaired) electrons. The van der Waals surface area contributed by atoms with Crippen molar-refractivity contribution in [3.8, 4) is 6.07 Å². The number of carbonyl (C=O) groups excluding carboxylic acids is 1. The van der Waals surface area contributed by atoms with E-state index < -0.39 is 5.60 Å². The minimum absolute atomic E-state index is 0.146. The summed E-state index contributed by atoms with van der Waals surface area (Å²) in [6, 6.07) is 9.91. The maximum atomic E-state index is 12.0. The van der Waals surface area contributed by atoms with Gasteiger partial charge in [-0.15, -0.1) is 0 Å². The molecule has 0 saturated carbocycles. The molecule has 1 rings (SSSR count). The van der Waals surface area contributed by atoms with Crippen molar-refractivity contribution in [3.63, 3.8) is 0 Å². The molecule has 0 aromatic heterocycles. The highest BCUT2D eigenvalue weighted by atomic mass is 16.6. The standard InChI is InChI=1S/C19H29N3O2/c1-14(13-22(6)18(23)24-19(3,4)5)12-21-15(2)17-9-7-8-16(10-17)11-20/h7-10,14-15,21H,12-13H2,1-6H3. The third-order valence-electron chi connectivity index (χ3n) is 3.58. The highest BCUT2D eigenvalue weighted by Crippen LogP contribution is 2.15. The van der Waals surface area contributed by atoms with Gasteiger partial charge in [0.2, 0.25) is 0 Å². The van der Waals surface area contributed by atoms with Crippen LogP contribution in [0.3, 0.4) is 0 Å². The average molecular weight is 331 g/mol. The molecule has 1 aromatic rings. The molecular formula is C19H29N3O2. The second-order valence-corrected chi connectivity index (χ2v) is 7.33. The Hall–Kier alpha value is -2.06. The van der Waals surface area contributed by atoms with Gasteiger partial charge >= 0.3 is 6.09 Å². The van der Waals surface area contributed by atoms with Crippen LogP contribution in [0.15, 0.2) is 24.3 Å². The van der Waals surface area contributed by atoms with Gasteiger partial charge in [0.15, 0.2) is 0 Å². The van der Waals surface area contributed by atoms with Crippen molar-refractivity contribution in [3.05, 3.63) is 35.4 Å². The Labute approximate surface area is 145 Å². The van der Waals surface area contributed by atoms with Gasteiger partial charge in [0.25, 0.3) is 0 Å². The van der Waals surface area contributed by atoms with E-state index in [1.165, 1.54) is 0 Å². The summed E-state index contributed by atoms with van der Waals surface area (Å²) in [5.41, 5.74) is 1.27. The molecule has 5 nitrogen and oxygen atoms in total. The lowest BCUT2D eigenvalue weighted by atomic mass is 10.0. The second kappa shape index (κ2) is 8.70. The molecule has 0 fully saturated rings. The van der Waals surface area contributed by atoms with Crippen LogP contribution in [0.25, 0.3) is 0 Å². The monoisotopic (exact) mass is 331 g/mol. The SMILES string of the molecule is CC(CNC(C)c1cccc(C#N)c1)CN(C)C(=O)OC(C)(C)C. The number of hydrogen-bond acceptors (Lipinski definition) is 4. The van der Waals surface area contributed by atoms with Gasteiger partial charge in [0.05, 0.1) is 11.6 Å². The summed E-state index contributed by atoms with van der Waals surface area (Å²) in [5.74, 6) is 0.282. The molecule has 0 aliphatic heterocycles. The summed E-state index contributed by atoms with van der Waals surface area (Å²) in [6.07, 6.45) is -0.302. The summed E-state index contributed by atoms with van der Waals surface area (Å²) < 4.78 is 5.36. The van der Waals surface area contributed by atoms with Crippen molar-refractivity contribution >= 4 is 6.09 Å². The lowest BCUT2D eigenvalue weighted by molar-refractivity contribution is 0.0276. The number of ether oxygens (including phenoxy) is 1. The number of nitrogens with one attached hydrogen (secondary N) is 1. The lowest BCUT2D eigenvalue weighted by Crippen LogP contribution is -2.38. The van der Waals surface area contributed by atoms with Crippen LogP contribution in [0.4, 0.5) is 4.79 Å². The predicted octanol–water partition coefficient (Wildman–Crippen LogP) is 3.71.